The second kappa shape index (κ2) is 4.66. The van der Waals surface area contributed by atoms with Crippen LogP contribution in [0.5, 0.6) is 0 Å². The van der Waals surface area contributed by atoms with E-state index < -0.39 is 13.4 Å². The first-order valence-corrected chi connectivity index (χ1v) is 6.73. The standard InChI is InChI=1S/C7H14NO4PS/c9-6(3-5-14)8-4-1-2-7(8)13(10,11)12/h7,14H,1-5H2,(H2,10,11,12). The van der Waals surface area contributed by atoms with Crippen LogP contribution in [0.25, 0.3) is 0 Å². The highest BCUT2D eigenvalue weighted by atomic mass is 32.1. The second-order valence-electron chi connectivity index (χ2n) is 3.27. The highest BCUT2D eigenvalue weighted by molar-refractivity contribution is 7.80. The molecule has 1 rings (SSSR count). The fourth-order valence-electron chi connectivity index (χ4n) is 1.63. The summed E-state index contributed by atoms with van der Waals surface area (Å²) in [4.78, 5) is 30.7. The predicted octanol–water partition coefficient (Wildman–Crippen LogP) is 0.432. The van der Waals surface area contributed by atoms with Crippen LogP contribution in [0.4, 0.5) is 0 Å². The minimum Gasteiger partial charge on any atom is -0.328 e. The van der Waals surface area contributed by atoms with E-state index in [1.165, 1.54) is 4.90 Å². The Bertz CT molecular complexity index is 266. The lowest BCUT2D eigenvalue weighted by molar-refractivity contribution is -0.130. The summed E-state index contributed by atoms with van der Waals surface area (Å²) < 4.78 is 11.0. The van der Waals surface area contributed by atoms with Gasteiger partial charge in [-0.2, -0.15) is 12.6 Å². The highest BCUT2D eigenvalue weighted by Crippen LogP contribution is 2.47. The molecule has 1 amide bonds. The minimum absolute atomic E-state index is 0.217. The van der Waals surface area contributed by atoms with Crippen molar-refractivity contribution < 1.29 is 19.1 Å². The fourth-order valence-corrected chi connectivity index (χ4v) is 2.95. The Balaban J connectivity index is 2.69. The number of likely N-dealkylation sites (tertiary alicyclic amines) is 1. The molecule has 1 aliphatic rings. The molecule has 0 radical (unpaired) electrons. The van der Waals surface area contributed by atoms with Crippen LogP contribution in [-0.2, 0) is 9.36 Å². The lowest BCUT2D eigenvalue weighted by atomic mass is 10.4. The number of amides is 1. The molecule has 1 fully saturated rings. The van der Waals surface area contributed by atoms with Crippen LogP contribution in [0.2, 0.25) is 0 Å². The van der Waals surface area contributed by atoms with Crippen LogP contribution in [-0.4, -0.2) is 38.7 Å². The summed E-state index contributed by atoms with van der Waals surface area (Å²) >= 11 is 3.91. The van der Waals surface area contributed by atoms with Crippen molar-refractivity contribution in [3.8, 4) is 0 Å². The van der Waals surface area contributed by atoms with Crippen molar-refractivity contribution >= 4 is 26.1 Å². The molecule has 2 N–H and O–H groups in total. The first-order valence-electron chi connectivity index (χ1n) is 4.42. The number of hydrogen-bond donors (Lipinski definition) is 3. The molecule has 1 atom stereocenters. The van der Waals surface area contributed by atoms with E-state index in [-0.39, 0.29) is 12.3 Å². The molecule has 0 aliphatic carbocycles. The zero-order valence-electron chi connectivity index (χ0n) is 7.67. The molecule has 5 nitrogen and oxygen atoms in total. The number of carbonyl (C=O) groups excluding carboxylic acids is 1. The predicted molar refractivity (Wildman–Crippen MR) is 55.2 cm³/mol. The van der Waals surface area contributed by atoms with Gasteiger partial charge in [-0.05, 0) is 18.6 Å². The van der Waals surface area contributed by atoms with Gasteiger partial charge in [0.2, 0.25) is 5.91 Å². The Hall–Kier alpha value is -0.0300. The normalized spacial score (nSPS) is 22.8. The van der Waals surface area contributed by atoms with Crippen molar-refractivity contribution in [1.29, 1.82) is 0 Å². The first-order chi connectivity index (χ1) is 6.46. The van der Waals surface area contributed by atoms with Crippen LogP contribution in [0.1, 0.15) is 19.3 Å². The van der Waals surface area contributed by atoms with Crippen LogP contribution < -0.4 is 0 Å². The number of carbonyl (C=O) groups is 1. The molecular weight excluding hydrogens is 225 g/mol. The third kappa shape index (κ3) is 2.73. The molecular formula is C7H14NO4PS. The molecule has 0 saturated carbocycles. The van der Waals surface area contributed by atoms with E-state index in [0.717, 1.165) is 0 Å². The van der Waals surface area contributed by atoms with E-state index in [1.54, 1.807) is 0 Å². The summed E-state index contributed by atoms with van der Waals surface area (Å²) in [5, 5.41) is 0. The van der Waals surface area contributed by atoms with Crippen molar-refractivity contribution in [2.45, 2.75) is 25.0 Å². The molecule has 0 spiro atoms. The maximum Gasteiger partial charge on any atom is 0.347 e. The Morgan fingerprint density at radius 1 is 1.57 bits per heavy atom. The average Bonchev–Trinajstić information content (AvgIpc) is 2.50. The minimum atomic E-state index is -4.17. The van der Waals surface area contributed by atoms with Gasteiger partial charge in [-0.15, -0.1) is 0 Å². The Labute approximate surface area is 88.1 Å². The average molecular weight is 239 g/mol. The molecule has 1 saturated heterocycles. The molecule has 0 aromatic heterocycles. The zero-order valence-corrected chi connectivity index (χ0v) is 9.45. The quantitative estimate of drug-likeness (QED) is 0.493. The molecule has 82 valence electrons. The van der Waals surface area contributed by atoms with Gasteiger partial charge in [0.15, 0.2) is 0 Å². The van der Waals surface area contributed by atoms with E-state index in [1.807, 2.05) is 0 Å². The summed E-state index contributed by atoms with van der Waals surface area (Å²) in [5.41, 5.74) is 0. The van der Waals surface area contributed by atoms with E-state index in [2.05, 4.69) is 12.6 Å². The highest BCUT2D eigenvalue weighted by Gasteiger charge is 2.39. The third-order valence-electron chi connectivity index (χ3n) is 2.26. The fraction of sp³-hybridized carbons (Fsp3) is 0.857. The smallest absolute Gasteiger partial charge is 0.328 e. The monoisotopic (exact) mass is 239 g/mol. The molecule has 0 bridgehead atoms. The Morgan fingerprint density at radius 2 is 2.21 bits per heavy atom. The summed E-state index contributed by atoms with van der Waals surface area (Å²) in [6, 6.07) is 0. The molecule has 0 aromatic carbocycles. The Kier molecular flexibility index (Phi) is 4.01. The van der Waals surface area contributed by atoms with Crippen molar-refractivity contribution in [1.82, 2.24) is 4.90 Å². The summed E-state index contributed by atoms with van der Waals surface area (Å²) in [5.74, 6) is -0.718. The van der Waals surface area contributed by atoms with Gasteiger partial charge in [0.05, 0.1) is 0 Å². The van der Waals surface area contributed by atoms with Gasteiger partial charge >= 0.3 is 7.60 Å². The van der Waals surface area contributed by atoms with E-state index in [4.69, 9.17) is 9.79 Å². The number of hydrogen-bond acceptors (Lipinski definition) is 3. The first kappa shape index (κ1) is 12.0. The number of nitrogens with zero attached hydrogens (tertiary/aromatic N) is 1. The van der Waals surface area contributed by atoms with Crippen molar-refractivity contribution in [3.05, 3.63) is 0 Å². The molecule has 1 aliphatic heterocycles. The van der Waals surface area contributed by atoms with Crippen LogP contribution in [0.15, 0.2) is 0 Å². The second-order valence-corrected chi connectivity index (χ2v) is 5.49. The largest absolute Gasteiger partial charge is 0.347 e. The Morgan fingerprint density at radius 3 is 2.71 bits per heavy atom. The van der Waals surface area contributed by atoms with Gasteiger partial charge in [-0.3, -0.25) is 9.36 Å². The van der Waals surface area contributed by atoms with Gasteiger partial charge < -0.3 is 14.7 Å². The van der Waals surface area contributed by atoms with Crippen LogP contribution in [0, 0.1) is 0 Å². The van der Waals surface area contributed by atoms with Gasteiger partial charge in [0.25, 0.3) is 0 Å². The molecule has 7 heteroatoms. The molecule has 14 heavy (non-hydrogen) atoms. The number of rotatable bonds is 3. The molecule has 0 aromatic rings. The summed E-state index contributed by atoms with van der Waals surface area (Å²) in [6.07, 6.45) is 1.29. The number of thiol groups is 1. The van der Waals surface area contributed by atoms with E-state index >= 15 is 0 Å². The maximum absolute atomic E-state index is 11.4. The van der Waals surface area contributed by atoms with Crippen LogP contribution >= 0.6 is 20.2 Å². The lowest BCUT2D eigenvalue weighted by Gasteiger charge is -2.24. The lowest BCUT2D eigenvalue weighted by Crippen LogP contribution is -2.35. The van der Waals surface area contributed by atoms with E-state index in [0.29, 0.717) is 25.1 Å². The zero-order chi connectivity index (χ0) is 10.8. The van der Waals surface area contributed by atoms with Gasteiger partial charge in [-0.1, -0.05) is 0 Å². The van der Waals surface area contributed by atoms with E-state index in [9.17, 15) is 9.36 Å². The van der Waals surface area contributed by atoms with Crippen molar-refractivity contribution in [2.75, 3.05) is 12.3 Å². The molecule has 1 unspecified atom stereocenters. The van der Waals surface area contributed by atoms with Gasteiger partial charge in [0.1, 0.15) is 5.78 Å². The third-order valence-corrected chi connectivity index (χ3v) is 3.79. The van der Waals surface area contributed by atoms with Gasteiger partial charge in [-0.25, -0.2) is 0 Å². The van der Waals surface area contributed by atoms with Crippen molar-refractivity contribution in [3.63, 3.8) is 0 Å². The maximum atomic E-state index is 11.4. The van der Waals surface area contributed by atoms with Gasteiger partial charge in [0, 0.05) is 13.0 Å². The summed E-state index contributed by atoms with van der Waals surface area (Å²) in [7, 11) is -4.17. The van der Waals surface area contributed by atoms with Crippen molar-refractivity contribution in [2.24, 2.45) is 0 Å². The molecule has 1 heterocycles. The topological polar surface area (TPSA) is 77.8 Å². The summed E-state index contributed by atoms with van der Waals surface area (Å²) in [6.45, 7) is 0.447. The SMILES string of the molecule is O=C(CCS)N1CCCC1P(=O)(O)O. The van der Waals surface area contributed by atoms with Crippen LogP contribution in [0.3, 0.4) is 0 Å².